The minimum atomic E-state index is 0.707. The molecule has 0 atom stereocenters. The summed E-state index contributed by atoms with van der Waals surface area (Å²) in [6.07, 6.45) is 1.04. The van der Waals surface area contributed by atoms with Crippen LogP contribution in [0, 0.1) is 0 Å². The van der Waals surface area contributed by atoms with E-state index in [4.69, 9.17) is 14.7 Å². The molecule has 150 valence electrons. The van der Waals surface area contributed by atoms with Crippen molar-refractivity contribution in [3.63, 3.8) is 0 Å². The third kappa shape index (κ3) is 4.84. The fourth-order valence-electron chi connectivity index (χ4n) is 3.37. The topological polar surface area (TPSA) is 62.3 Å². The van der Waals surface area contributed by atoms with E-state index in [1.54, 1.807) is 0 Å². The molecule has 0 aliphatic carbocycles. The summed E-state index contributed by atoms with van der Waals surface area (Å²) >= 11 is 0. The highest BCUT2D eigenvalue weighted by molar-refractivity contribution is 5.75. The lowest BCUT2D eigenvalue weighted by Crippen LogP contribution is -2.36. The summed E-state index contributed by atoms with van der Waals surface area (Å²) in [5, 5.41) is 6.91. The van der Waals surface area contributed by atoms with Gasteiger partial charge < -0.3 is 20.3 Å². The third-order valence-corrected chi connectivity index (χ3v) is 4.83. The monoisotopic (exact) mass is 389 g/mol. The number of benzene rings is 2. The predicted molar refractivity (Wildman–Crippen MR) is 119 cm³/mol. The number of anilines is 4. The number of rotatable bonds is 7. The quantitative estimate of drug-likeness (QED) is 0.618. The molecule has 2 heterocycles. The van der Waals surface area contributed by atoms with Crippen molar-refractivity contribution >= 4 is 23.0 Å². The Labute approximate surface area is 172 Å². The number of hydrogen-bond donors (Lipinski definition) is 2. The molecule has 6 nitrogen and oxygen atoms in total. The molecular formula is C23H27N5O. The van der Waals surface area contributed by atoms with Gasteiger partial charge in [-0.1, -0.05) is 49.4 Å². The minimum absolute atomic E-state index is 0.707. The van der Waals surface area contributed by atoms with E-state index in [0.717, 1.165) is 62.2 Å². The summed E-state index contributed by atoms with van der Waals surface area (Å²) in [5.74, 6) is 2.31. The molecule has 0 spiro atoms. The Morgan fingerprint density at radius 3 is 2.45 bits per heavy atom. The molecule has 1 saturated heterocycles. The van der Waals surface area contributed by atoms with Crippen LogP contribution in [0.15, 0.2) is 60.7 Å². The van der Waals surface area contributed by atoms with Crippen LogP contribution in [0.4, 0.5) is 23.0 Å². The number of aromatic nitrogens is 2. The fraction of sp³-hybridized carbons (Fsp3) is 0.304. The fourth-order valence-corrected chi connectivity index (χ4v) is 3.37. The smallest absolute Gasteiger partial charge is 0.163 e. The maximum absolute atomic E-state index is 5.51. The Morgan fingerprint density at radius 1 is 0.931 bits per heavy atom. The molecule has 1 aromatic heterocycles. The normalized spacial score (nSPS) is 13.9. The molecular weight excluding hydrogens is 362 g/mol. The standard InChI is InChI=1S/C23H27N5O/c1-2-12-24-21-17-22(27-23(26-21)18-8-4-3-5-9-18)25-19-10-6-7-11-20(19)28-13-15-29-16-14-28/h3-11,17H,2,12-16H2,1H3,(H2,24,25,26,27). The molecule has 3 aromatic rings. The van der Waals surface area contributed by atoms with Gasteiger partial charge in [-0.05, 0) is 18.6 Å². The van der Waals surface area contributed by atoms with Crippen LogP contribution in [0.2, 0.25) is 0 Å². The molecule has 1 aliphatic heterocycles. The summed E-state index contributed by atoms with van der Waals surface area (Å²) in [5.41, 5.74) is 3.20. The first-order valence-corrected chi connectivity index (χ1v) is 10.2. The van der Waals surface area contributed by atoms with Gasteiger partial charge in [-0.3, -0.25) is 0 Å². The van der Waals surface area contributed by atoms with Crippen LogP contribution in [0.25, 0.3) is 11.4 Å². The van der Waals surface area contributed by atoms with Crippen LogP contribution in [-0.4, -0.2) is 42.8 Å². The first kappa shape index (κ1) is 19.2. The van der Waals surface area contributed by atoms with Gasteiger partial charge >= 0.3 is 0 Å². The van der Waals surface area contributed by atoms with Crippen LogP contribution in [-0.2, 0) is 4.74 Å². The lowest BCUT2D eigenvalue weighted by atomic mass is 10.2. The van der Waals surface area contributed by atoms with E-state index in [2.05, 4.69) is 40.7 Å². The zero-order valence-corrected chi connectivity index (χ0v) is 16.8. The van der Waals surface area contributed by atoms with Crippen molar-refractivity contribution < 1.29 is 4.74 Å². The van der Waals surface area contributed by atoms with E-state index >= 15 is 0 Å². The number of hydrogen-bond acceptors (Lipinski definition) is 6. The maximum Gasteiger partial charge on any atom is 0.163 e. The van der Waals surface area contributed by atoms with Gasteiger partial charge in [-0.2, -0.15) is 0 Å². The Kier molecular flexibility index (Phi) is 6.22. The number of ether oxygens (including phenoxy) is 1. The highest BCUT2D eigenvalue weighted by Crippen LogP contribution is 2.30. The van der Waals surface area contributed by atoms with Crippen molar-refractivity contribution in [1.82, 2.24) is 9.97 Å². The molecule has 1 fully saturated rings. The summed E-state index contributed by atoms with van der Waals surface area (Å²) in [4.78, 5) is 11.8. The van der Waals surface area contributed by atoms with Gasteiger partial charge in [0.25, 0.3) is 0 Å². The van der Waals surface area contributed by atoms with Crippen LogP contribution in [0.3, 0.4) is 0 Å². The third-order valence-electron chi connectivity index (χ3n) is 4.83. The molecule has 2 N–H and O–H groups in total. The van der Waals surface area contributed by atoms with Crippen molar-refractivity contribution in [2.24, 2.45) is 0 Å². The minimum Gasteiger partial charge on any atom is -0.378 e. The van der Waals surface area contributed by atoms with Crippen LogP contribution in [0.5, 0.6) is 0 Å². The SMILES string of the molecule is CCCNc1cc(Nc2ccccc2N2CCOCC2)nc(-c2ccccc2)n1. The zero-order chi connectivity index (χ0) is 19.9. The molecule has 0 radical (unpaired) electrons. The van der Waals surface area contributed by atoms with Crippen molar-refractivity contribution in [3.8, 4) is 11.4 Å². The van der Waals surface area contributed by atoms with Crippen molar-refractivity contribution in [1.29, 1.82) is 0 Å². The molecule has 0 unspecified atom stereocenters. The number of nitrogens with one attached hydrogen (secondary N) is 2. The molecule has 4 rings (SSSR count). The second-order valence-corrected chi connectivity index (χ2v) is 7.00. The van der Waals surface area contributed by atoms with Crippen molar-refractivity contribution in [3.05, 3.63) is 60.7 Å². The molecule has 0 saturated carbocycles. The Hall–Kier alpha value is -3.12. The number of para-hydroxylation sites is 2. The molecule has 2 aromatic carbocycles. The van der Waals surface area contributed by atoms with Crippen LogP contribution in [0.1, 0.15) is 13.3 Å². The number of nitrogens with zero attached hydrogens (tertiary/aromatic N) is 3. The van der Waals surface area contributed by atoms with Gasteiger partial charge in [-0.15, -0.1) is 0 Å². The van der Waals surface area contributed by atoms with Crippen LogP contribution < -0.4 is 15.5 Å². The van der Waals surface area contributed by atoms with Gasteiger partial charge in [0.15, 0.2) is 5.82 Å². The summed E-state index contributed by atoms with van der Waals surface area (Å²) in [7, 11) is 0. The Balaban J connectivity index is 1.66. The van der Waals surface area contributed by atoms with Crippen LogP contribution >= 0.6 is 0 Å². The van der Waals surface area contributed by atoms with Crippen molar-refractivity contribution in [2.45, 2.75) is 13.3 Å². The van der Waals surface area contributed by atoms with Gasteiger partial charge in [0.2, 0.25) is 0 Å². The maximum atomic E-state index is 5.51. The van der Waals surface area contributed by atoms with Gasteiger partial charge in [0, 0.05) is 31.3 Å². The van der Waals surface area contributed by atoms with E-state index in [1.807, 2.05) is 42.5 Å². The predicted octanol–water partition coefficient (Wildman–Crippen LogP) is 4.55. The Morgan fingerprint density at radius 2 is 1.66 bits per heavy atom. The lowest BCUT2D eigenvalue weighted by molar-refractivity contribution is 0.123. The molecule has 0 amide bonds. The second-order valence-electron chi connectivity index (χ2n) is 7.00. The Bertz CT molecular complexity index is 926. The average molecular weight is 390 g/mol. The highest BCUT2D eigenvalue weighted by Gasteiger charge is 2.15. The van der Waals surface area contributed by atoms with Gasteiger partial charge in [-0.25, -0.2) is 9.97 Å². The molecule has 0 bridgehead atoms. The second kappa shape index (κ2) is 9.39. The van der Waals surface area contributed by atoms with Crippen molar-refractivity contribution in [2.75, 3.05) is 48.4 Å². The molecule has 1 aliphatic rings. The van der Waals surface area contributed by atoms with E-state index in [-0.39, 0.29) is 0 Å². The molecule has 29 heavy (non-hydrogen) atoms. The average Bonchev–Trinajstić information content (AvgIpc) is 2.79. The summed E-state index contributed by atoms with van der Waals surface area (Å²) in [6.45, 7) is 6.30. The van der Waals surface area contributed by atoms with Gasteiger partial charge in [0.05, 0.1) is 24.6 Å². The summed E-state index contributed by atoms with van der Waals surface area (Å²) < 4.78 is 5.51. The first-order chi connectivity index (χ1) is 14.3. The summed E-state index contributed by atoms with van der Waals surface area (Å²) in [6, 6.07) is 20.4. The van der Waals surface area contributed by atoms with E-state index in [1.165, 1.54) is 5.69 Å². The van der Waals surface area contributed by atoms with Gasteiger partial charge in [0.1, 0.15) is 11.6 Å². The first-order valence-electron chi connectivity index (χ1n) is 10.2. The largest absolute Gasteiger partial charge is 0.378 e. The lowest BCUT2D eigenvalue weighted by Gasteiger charge is -2.30. The zero-order valence-electron chi connectivity index (χ0n) is 16.8. The van der Waals surface area contributed by atoms with E-state index in [9.17, 15) is 0 Å². The molecule has 6 heteroatoms. The van der Waals surface area contributed by atoms with E-state index in [0.29, 0.717) is 5.82 Å². The van der Waals surface area contributed by atoms with E-state index < -0.39 is 0 Å². The highest BCUT2D eigenvalue weighted by atomic mass is 16.5. The number of morpholine rings is 1.